The van der Waals surface area contributed by atoms with Crippen LogP contribution >= 0.6 is 0 Å². The fraction of sp³-hybridized carbons (Fsp3) is 0.391. The van der Waals surface area contributed by atoms with Gasteiger partial charge in [0.1, 0.15) is 40.4 Å². The minimum atomic E-state index is -1.59. The minimum absolute atomic E-state index is 0.0134. The Balaban J connectivity index is 1.63. The largest absolute Gasteiger partial charge is 0.507 e. The molecular weight excluding hydrogens is 404 g/mol. The van der Waals surface area contributed by atoms with E-state index in [1.807, 2.05) is 26.0 Å². The summed E-state index contributed by atoms with van der Waals surface area (Å²) in [4.78, 5) is 26.7. The molecule has 0 radical (unpaired) electrons. The van der Waals surface area contributed by atoms with E-state index in [0.717, 1.165) is 0 Å². The molecule has 1 aliphatic carbocycles. The average molecular weight is 426 g/mol. The van der Waals surface area contributed by atoms with Gasteiger partial charge in [0.15, 0.2) is 28.7 Å². The number of methoxy groups -OCH3 is 2. The van der Waals surface area contributed by atoms with E-state index in [1.165, 1.54) is 32.4 Å². The third-order valence-electron chi connectivity index (χ3n) is 6.08. The first kappa shape index (κ1) is 19.7. The molecule has 3 heterocycles. The Bertz CT molecular complexity index is 1110. The zero-order chi connectivity index (χ0) is 22.1. The fourth-order valence-electron chi connectivity index (χ4n) is 4.61. The molecule has 3 atom stereocenters. The van der Waals surface area contributed by atoms with Crippen LogP contribution in [0.4, 0.5) is 0 Å². The van der Waals surface area contributed by atoms with Gasteiger partial charge in [-0.25, -0.2) is 0 Å². The van der Waals surface area contributed by atoms with Crippen molar-refractivity contribution in [3.8, 4) is 17.2 Å². The number of hydrogen-bond donors (Lipinski definition) is 1. The highest BCUT2D eigenvalue weighted by Gasteiger charge is 2.62. The molecule has 0 amide bonds. The van der Waals surface area contributed by atoms with E-state index in [9.17, 15) is 14.7 Å². The molecule has 5 rings (SSSR count). The van der Waals surface area contributed by atoms with Crippen LogP contribution in [0.1, 0.15) is 29.8 Å². The Morgan fingerprint density at radius 2 is 1.90 bits per heavy atom. The predicted molar refractivity (Wildman–Crippen MR) is 108 cm³/mol. The Hall–Kier alpha value is -3.26. The number of carbonyl (C=O) groups excluding carboxylic acids is 2. The molecule has 1 saturated heterocycles. The lowest BCUT2D eigenvalue weighted by atomic mass is 9.73. The van der Waals surface area contributed by atoms with Crippen molar-refractivity contribution in [3.63, 3.8) is 0 Å². The molecule has 1 unspecified atom stereocenters. The van der Waals surface area contributed by atoms with Gasteiger partial charge in [-0.05, 0) is 26.0 Å². The highest BCUT2D eigenvalue weighted by Crippen LogP contribution is 2.52. The van der Waals surface area contributed by atoms with Gasteiger partial charge in [-0.2, -0.15) is 0 Å². The molecule has 8 heteroatoms. The van der Waals surface area contributed by atoms with Crippen LogP contribution in [-0.2, 0) is 19.0 Å². The van der Waals surface area contributed by atoms with Crippen LogP contribution in [0.5, 0.6) is 17.2 Å². The van der Waals surface area contributed by atoms with Gasteiger partial charge >= 0.3 is 0 Å². The van der Waals surface area contributed by atoms with E-state index in [-0.39, 0.29) is 35.2 Å². The van der Waals surface area contributed by atoms with E-state index >= 15 is 0 Å². The van der Waals surface area contributed by atoms with Crippen LogP contribution in [0.2, 0.25) is 0 Å². The normalized spacial score (nSPS) is 29.8. The lowest BCUT2D eigenvalue weighted by Gasteiger charge is -2.37. The third kappa shape index (κ3) is 2.64. The maximum Gasteiger partial charge on any atom is 0.196 e. The van der Waals surface area contributed by atoms with Crippen LogP contribution in [0.15, 0.2) is 35.8 Å². The smallest absolute Gasteiger partial charge is 0.196 e. The zero-order valence-corrected chi connectivity index (χ0v) is 17.6. The van der Waals surface area contributed by atoms with Crippen LogP contribution in [0.25, 0.3) is 6.08 Å². The molecular formula is C23H22O8. The number of phenolic OH excluding ortho intramolecular Hbond substituents is 1. The molecule has 1 N–H and O–H groups in total. The maximum absolute atomic E-state index is 13.6. The number of phenols is 1. The van der Waals surface area contributed by atoms with Gasteiger partial charge in [0.25, 0.3) is 0 Å². The van der Waals surface area contributed by atoms with Crippen molar-refractivity contribution in [2.24, 2.45) is 5.92 Å². The van der Waals surface area contributed by atoms with Gasteiger partial charge in [-0.3, -0.25) is 9.59 Å². The summed E-state index contributed by atoms with van der Waals surface area (Å²) in [5.74, 6) is -0.935. The number of ketones is 2. The first-order valence-electron chi connectivity index (χ1n) is 9.91. The highest BCUT2D eigenvalue weighted by atomic mass is 16.6. The monoisotopic (exact) mass is 426 g/mol. The lowest BCUT2D eigenvalue weighted by molar-refractivity contribution is -0.131. The van der Waals surface area contributed by atoms with Gasteiger partial charge in [0.05, 0.1) is 26.4 Å². The number of benzene rings is 1. The van der Waals surface area contributed by atoms with Crippen molar-refractivity contribution in [1.29, 1.82) is 0 Å². The van der Waals surface area contributed by atoms with E-state index in [1.54, 1.807) is 0 Å². The van der Waals surface area contributed by atoms with Crippen molar-refractivity contribution >= 4 is 17.6 Å². The van der Waals surface area contributed by atoms with Crippen molar-refractivity contribution in [3.05, 3.63) is 46.9 Å². The van der Waals surface area contributed by atoms with Crippen molar-refractivity contribution < 1.29 is 38.4 Å². The van der Waals surface area contributed by atoms with Crippen LogP contribution in [0.3, 0.4) is 0 Å². The molecule has 1 fully saturated rings. The summed E-state index contributed by atoms with van der Waals surface area (Å²) in [6.45, 7) is 3.79. The molecule has 1 aromatic rings. The predicted octanol–water partition coefficient (Wildman–Crippen LogP) is 2.55. The molecule has 3 aliphatic heterocycles. The molecule has 1 aromatic carbocycles. The Labute approximate surface area is 178 Å². The molecule has 162 valence electrons. The topological polar surface area (TPSA) is 101 Å². The summed E-state index contributed by atoms with van der Waals surface area (Å²) in [5.41, 5.74) is -1.57. The van der Waals surface area contributed by atoms with E-state index in [0.29, 0.717) is 11.3 Å². The Kier molecular flexibility index (Phi) is 4.05. The number of fused-ring (bicyclic) bond motifs is 5. The van der Waals surface area contributed by atoms with Gasteiger partial charge < -0.3 is 28.8 Å². The third-order valence-corrected chi connectivity index (χ3v) is 6.08. The average Bonchev–Trinajstić information content (AvgIpc) is 3.08. The van der Waals surface area contributed by atoms with Gasteiger partial charge in [-0.1, -0.05) is 0 Å². The first-order valence-corrected chi connectivity index (χ1v) is 9.91. The summed E-state index contributed by atoms with van der Waals surface area (Å²) in [6.07, 6.45) is 5.68. The molecule has 0 saturated carbocycles. The second-order valence-corrected chi connectivity index (χ2v) is 8.44. The van der Waals surface area contributed by atoms with E-state index < -0.39 is 34.8 Å². The second-order valence-electron chi connectivity index (χ2n) is 8.44. The van der Waals surface area contributed by atoms with Crippen molar-refractivity contribution in [2.75, 3.05) is 20.8 Å². The summed E-state index contributed by atoms with van der Waals surface area (Å²) in [6, 6.07) is 1.41. The van der Waals surface area contributed by atoms with E-state index in [4.69, 9.17) is 23.7 Å². The van der Waals surface area contributed by atoms with Crippen molar-refractivity contribution in [2.45, 2.75) is 31.2 Å². The minimum Gasteiger partial charge on any atom is -0.507 e. The SMILES string of the molecule is COC1=CC(=O)C2(C=C1OC)OC[C@H]1Oc3c4c(cc(O)c3C(=O)[C@H]12)OC(C)(C)C=C4. The quantitative estimate of drug-likeness (QED) is 0.770. The lowest BCUT2D eigenvalue weighted by Crippen LogP contribution is -2.51. The summed E-state index contributed by atoms with van der Waals surface area (Å²) in [5, 5.41) is 10.7. The van der Waals surface area contributed by atoms with Crippen molar-refractivity contribution in [1.82, 2.24) is 0 Å². The summed E-state index contributed by atoms with van der Waals surface area (Å²) >= 11 is 0. The zero-order valence-electron chi connectivity index (χ0n) is 17.6. The molecule has 0 aromatic heterocycles. The highest BCUT2D eigenvalue weighted by molar-refractivity contribution is 6.12. The number of aromatic hydroxyl groups is 1. The maximum atomic E-state index is 13.6. The molecule has 4 aliphatic rings. The van der Waals surface area contributed by atoms with Gasteiger partial charge in [0.2, 0.25) is 0 Å². The van der Waals surface area contributed by atoms with Crippen LogP contribution in [-0.4, -0.2) is 54.8 Å². The fourth-order valence-corrected chi connectivity index (χ4v) is 4.61. The summed E-state index contributed by atoms with van der Waals surface area (Å²) in [7, 11) is 2.86. The number of Topliss-reactive ketones (excluding diaryl/α,β-unsaturated/α-hetero) is 1. The standard InChI is InChI=1S/C23H22O8/c1-22(2)6-5-11-13(31-22)7-12(24)18-20(26)19-16(30-21(11)18)10-29-23(19)9-15(28-4)14(27-3)8-17(23)25/h5-9,16,19,24H,10H2,1-4H3/t16-,19+,23?/m1/s1. The van der Waals surface area contributed by atoms with Crippen LogP contribution < -0.4 is 9.47 Å². The summed E-state index contributed by atoms with van der Waals surface area (Å²) < 4.78 is 28.5. The molecule has 31 heavy (non-hydrogen) atoms. The Morgan fingerprint density at radius 3 is 2.61 bits per heavy atom. The number of carbonyl (C=O) groups is 2. The van der Waals surface area contributed by atoms with Crippen LogP contribution in [0, 0.1) is 5.92 Å². The second kappa shape index (κ2) is 6.37. The number of ether oxygens (including phenoxy) is 5. The van der Waals surface area contributed by atoms with Gasteiger partial charge in [0, 0.05) is 18.2 Å². The molecule has 0 bridgehead atoms. The first-order chi connectivity index (χ1) is 14.7. The van der Waals surface area contributed by atoms with Gasteiger partial charge in [-0.15, -0.1) is 0 Å². The molecule has 1 spiro atoms. The number of hydrogen-bond acceptors (Lipinski definition) is 8. The van der Waals surface area contributed by atoms with E-state index in [2.05, 4.69) is 0 Å². The Morgan fingerprint density at radius 1 is 1.16 bits per heavy atom. The number of rotatable bonds is 2. The molecule has 8 nitrogen and oxygen atoms in total.